The summed E-state index contributed by atoms with van der Waals surface area (Å²) in [5.41, 5.74) is 4.13. The summed E-state index contributed by atoms with van der Waals surface area (Å²) in [6.45, 7) is 1.45. The molecule has 1 aliphatic heterocycles. The van der Waals surface area contributed by atoms with E-state index < -0.39 is 17.4 Å². The van der Waals surface area contributed by atoms with Crippen LogP contribution in [0.4, 0.5) is 24.9 Å². The fraction of sp³-hybridized carbons (Fsp3) is 0.333. The zero-order chi connectivity index (χ0) is 19.1. The highest BCUT2D eigenvalue weighted by atomic mass is 35.5. The number of benzene rings is 1. The number of halogens is 6. The molecule has 0 aliphatic carbocycles. The smallest absolute Gasteiger partial charge is 0.383 e. The van der Waals surface area contributed by atoms with Crippen LogP contribution in [0, 0.1) is 0 Å². The number of nitrogens with zero attached hydrogens (tertiary/aromatic N) is 3. The van der Waals surface area contributed by atoms with Crippen molar-refractivity contribution in [3.8, 4) is 11.1 Å². The van der Waals surface area contributed by atoms with Crippen molar-refractivity contribution in [1.82, 2.24) is 9.97 Å². The van der Waals surface area contributed by atoms with Gasteiger partial charge in [-0.15, -0.1) is 0 Å². The maximum Gasteiger partial charge on any atom is 0.434 e. The topological polar surface area (TPSA) is 64.3 Å². The number of hydrogen-bond donors (Lipinski definition) is 1. The van der Waals surface area contributed by atoms with E-state index in [0.29, 0.717) is 26.3 Å². The number of morpholine rings is 1. The van der Waals surface area contributed by atoms with Crippen LogP contribution in [0.1, 0.15) is 5.69 Å². The maximum atomic E-state index is 13.7. The van der Waals surface area contributed by atoms with Gasteiger partial charge in [0.05, 0.1) is 28.8 Å². The number of rotatable bonds is 2. The Morgan fingerprint density at radius 2 is 1.73 bits per heavy atom. The highest BCUT2D eigenvalue weighted by Crippen LogP contribution is 2.44. The Kier molecular flexibility index (Phi) is 5.39. The number of hydrogen-bond acceptors (Lipinski definition) is 5. The van der Waals surface area contributed by atoms with Crippen molar-refractivity contribution in [2.75, 3.05) is 36.9 Å². The summed E-state index contributed by atoms with van der Waals surface area (Å²) in [6, 6.07) is 2.57. The molecule has 3 rings (SSSR count). The molecule has 2 N–H and O–H groups in total. The first-order valence-corrected chi connectivity index (χ1v) is 8.54. The lowest BCUT2D eigenvalue weighted by atomic mass is 10.0. The van der Waals surface area contributed by atoms with Crippen molar-refractivity contribution < 1.29 is 17.9 Å². The Bertz CT molecular complexity index is 842. The molecule has 1 saturated heterocycles. The van der Waals surface area contributed by atoms with Gasteiger partial charge >= 0.3 is 6.18 Å². The van der Waals surface area contributed by atoms with Gasteiger partial charge in [-0.05, 0) is 12.1 Å². The molecule has 26 heavy (non-hydrogen) atoms. The minimum Gasteiger partial charge on any atom is -0.383 e. The lowest BCUT2D eigenvalue weighted by Crippen LogP contribution is -2.38. The van der Waals surface area contributed by atoms with Crippen LogP contribution in [0.25, 0.3) is 11.1 Å². The van der Waals surface area contributed by atoms with Crippen LogP contribution in [0.15, 0.2) is 12.1 Å². The van der Waals surface area contributed by atoms with Crippen LogP contribution < -0.4 is 10.6 Å². The third kappa shape index (κ3) is 3.78. The predicted molar refractivity (Wildman–Crippen MR) is 94.9 cm³/mol. The lowest BCUT2D eigenvalue weighted by molar-refractivity contribution is -0.140. The van der Waals surface area contributed by atoms with E-state index in [1.165, 1.54) is 12.1 Å². The fourth-order valence-electron chi connectivity index (χ4n) is 2.58. The summed E-state index contributed by atoms with van der Waals surface area (Å²) in [4.78, 5) is 9.33. The SMILES string of the molecule is Nc1nc(N2CCOCC2)nc(C(F)(F)F)c1-c1cc(Cl)cc(Cl)c1Cl. The van der Waals surface area contributed by atoms with Crippen LogP contribution >= 0.6 is 34.8 Å². The Hall–Kier alpha value is -1.48. The summed E-state index contributed by atoms with van der Waals surface area (Å²) in [6.07, 6.45) is -4.79. The fourth-order valence-corrected chi connectivity index (χ4v) is 3.28. The summed E-state index contributed by atoms with van der Waals surface area (Å²) >= 11 is 17.9. The Labute approximate surface area is 161 Å². The van der Waals surface area contributed by atoms with Crippen molar-refractivity contribution in [3.63, 3.8) is 0 Å². The average molecular weight is 428 g/mol. The van der Waals surface area contributed by atoms with Gasteiger partial charge < -0.3 is 15.4 Å². The number of alkyl halides is 3. The molecular weight excluding hydrogens is 416 g/mol. The number of aromatic nitrogens is 2. The molecule has 1 aliphatic rings. The van der Waals surface area contributed by atoms with Gasteiger partial charge in [0.1, 0.15) is 5.82 Å². The standard InChI is InChI=1S/C15H12Cl3F3N4O/c16-7-5-8(11(18)9(17)6-7)10-12(15(19,20)21)23-14(24-13(10)22)25-1-3-26-4-2-25/h5-6H,1-4H2,(H2,22,23,24). The lowest BCUT2D eigenvalue weighted by Gasteiger charge is -2.28. The molecule has 2 aromatic rings. The highest BCUT2D eigenvalue weighted by Gasteiger charge is 2.39. The zero-order valence-corrected chi connectivity index (χ0v) is 15.3. The monoisotopic (exact) mass is 426 g/mol. The summed E-state index contributed by atoms with van der Waals surface area (Å²) in [5, 5.41) is -0.00545. The second-order valence-electron chi connectivity index (χ2n) is 5.48. The second-order valence-corrected chi connectivity index (χ2v) is 6.70. The molecule has 2 heterocycles. The summed E-state index contributed by atoms with van der Waals surface area (Å²) in [5.74, 6) is -0.486. The maximum absolute atomic E-state index is 13.7. The highest BCUT2D eigenvalue weighted by molar-refractivity contribution is 6.45. The third-order valence-electron chi connectivity index (χ3n) is 3.75. The van der Waals surface area contributed by atoms with Crippen molar-refractivity contribution in [1.29, 1.82) is 0 Å². The molecule has 0 spiro atoms. The molecule has 140 valence electrons. The molecule has 0 radical (unpaired) electrons. The molecule has 0 amide bonds. The first kappa shape index (κ1) is 19.3. The van der Waals surface area contributed by atoms with Gasteiger partial charge in [-0.25, -0.2) is 4.98 Å². The Balaban J connectivity index is 2.22. The largest absolute Gasteiger partial charge is 0.434 e. The molecule has 0 atom stereocenters. The van der Waals surface area contributed by atoms with Crippen LogP contribution in [-0.2, 0) is 10.9 Å². The zero-order valence-electron chi connectivity index (χ0n) is 13.1. The van der Waals surface area contributed by atoms with Crippen LogP contribution in [-0.4, -0.2) is 36.3 Å². The van der Waals surface area contributed by atoms with Crippen molar-refractivity contribution in [2.45, 2.75) is 6.18 Å². The number of nitrogen functional groups attached to an aromatic ring is 1. The van der Waals surface area contributed by atoms with Gasteiger partial charge in [0, 0.05) is 23.7 Å². The van der Waals surface area contributed by atoms with Gasteiger partial charge in [0.15, 0.2) is 5.69 Å². The van der Waals surface area contributed by atoms with Crippen LogP contribution in [0.2, 0.25) is 15.1 Å². The molecular formula is C15H12Cl3F3N4O. The first-order valence-electron chi connectivity index (χ1n) is 7.41. The molecule has 1 aromatic heterocycles. The molecule has 5 nitrogen and oxygen atoms in total. The number of nitrogens with two attached hydrogens (primary N) is 1. The minimum atomic E-state index is -4.79. The van der Waals surface area contributed by atoms with E-state index in [4.69, 9.17) is 45.3 Å². The molecule has 1 fully saturated rings. The van der Waals surface area contributed by atoms with Crippen molar-refractivity contribution in [3.05, 3.63) is 32.9 Å². The molecule has 11 heteroatoms. The third-order valence-corrected chi connectivity index (χ3v) is 4.77. The van der Waals surface area contributed by atoms with E-state index in [1.807, 2.05) is 0 Å². The molecule has 0 saturated carbocycles. The van der Waals surface area contributed by atoms with E-state index in [0.717, 1.165) is 0 Å². The summed E-state index contributed by atoms with van der Waals surface area (Å²) < 4.78 is 46.3. The molecule has 1 aromatic carbocycles. The van der Waals surface area contributed by atoms with E-state index in [-0.39, 0.29) is 32.4 Å². The van der Waals surface area contributed by atoms with E-state index in [1.54, 1.807) is 4.90 Å². The average Bonchev–Trinajstić information content (AvgIpc) is 2.57. The minimum absolute atomic E-state index is 0.000975. The predicted octanol–water partition coefficient (Wildman–Crippen LogP) is 4.54. The van der Waals surface area contributed by atoms with E-state index in [2.05, 4.69) is 9.97 Å². The summed E-state index contributed by atoms with van der Waals surface area (Å²) in [7, 11) is 0. The van der Waals surface area contributed by atoms with E-state index in [9.17, 15) is 13.2 Å². The number of anilines is 2. The van der Waals surface area contributed by atoms with E-state index >= 15 is 0 Å². The van der Waals surface area contributed by atoms with Crippen molar-refractivity contribution >= 4 is 46.6 Å². The normalized spacial score (nSPS) is 15.4. The van der Waals surface area contributed by atoms with Gasteiger partial charge in [0.2, 0.25) is 5.95 Å². The van der Waals surface area contributed by atoms with Gasteiger partial charge in [-0.3, -0.25) is 0 Å². The van der Waals surface area contributed by atoms with Gasteiger partial charge in [0.25, 0.3) is 0 Å². The Morgan fingerprint density at radius 1 is 1.08 bits per heavy atom. The molecule has 0 bridgehead atoms. The van der Waals surface area contributed by atoms with Gasteiger partial charge in [-0.2, -0.15) is 18.2 Å². The second kappa shape index (κ2) is 7.26. The van der Waals surface area contributed by atoms with Gasteiger partial charge in [-0.1, -0.05) is 34.8 Å². The van der Waals surface area contributed by atoms with Crippen molar-refractivity contribution in [2.24, 2.45) is 0 Å². The quantitative estimate of drug-likeness (QED) is 0.713. The molecule has 0 unspecified atom stereocenters. The Morgan fingerprint density at radius 3 is 2.35 bits per heavy atom. The van der Waals surface area contributed by atoms with Crippen LogP contribution in [0.5, 0.6) is 0 Å². The number of ether oxygens (including phenoxy) is 1. The van der Waals surface area contributed by atoms with Crippen LogP contribution in [0.3, 0.4) is 0 Å². The first-order chi connectivity index (χ1) is 12.2.